The Morgan fingerprint density at radius 2 is 2.25 bits per heavy atom. The first-order valence-electron chi connectivity index (χ1n) is 6.50. The Kier molecular flexibility index (Phi) is 5.11. The molecular weight excluding hydrogens is 280 g/mol. The average molecular weight is 297 g/mol. The third-order valence-electron chi connectivity index (χ3n) is 2.66. The number of aromatic nitrogens is 5. The van der Waals surface area contributed by atoms with Crippen LogP contribution in [0.15, 0.2) is 12.5 Å². The smallest absolute Gasteiger partial charge is 0.237 e. The van der Waals surface area contributed by atoms with Crippen LogP contribution in [0, 0.1) is 0 Å². The molecule has 0 atom stereocenters. The maximum atomic E-state index is 5.93. The Balaban J connectivity index is 1.92. The van der Waals surface area contributed by atoms with Gasteiger partial charge in [-0.25, -0.2) is 4.98 Å². The zero-order chi connectivity index (χ0) is 14.4. The Labute approximate surface area is 122 Å². The van der Waals surface area contributed by atoms with Gasteiger partial charge in [0.2, 0.25) is 11.8 Å². The van der Waals surface area contributed by atoms with Crippen LogP contribution in [0.4, 0.5) is 5.95 Å². The second-order valence-corrected chi connectivity index (χ2v) is 4.40. The molecule has 2 aromatic heterocycles. The number of nitrogens with zero attached hydrogens (tertiary/aromatic N) is 5. The molecule has 0 fully saturated rings. The Bertz CT molecular complexity index is 559. The van der Waals surface area contributed by atoms with Gasteiger partial charge in [-0.2, -0.15) is 4.98 Å². The summed E-state index contributed by atoms with van der Waals surface area (Å²) >= 11 is 5.93. The van der Waals surface area contributed by atoms with Crippen molar-refractivity contribution in [1.82, 2.24) is 24.7 Å². The summed E-state index contributed by atoms with van der Waals surface area (Å²) in [6, 6.07) is 0. The van der Waals surface area contributed by atoms with Gasteiger partial charge < -0.3 is 14.6 Å². The largest absolute Gasteiger partial charge is 0.477 e. The Morgan fingerprint density at radius 3 is 3.00 bits per heavy atom. The van der Waals surface area contributed by atoms with Crippen LogP contribution in [0.1, 0.15) is 19.7 Å². The van der Waals surface area contributed by atoms with E-state index >= 15 is 0 Å². The van der Waals surface area contributed by atoms with Crippen LogP contribution < -0.4 is 10.1 Å². The molecule has 0 saturated carbocycles. The molecular formula is C12H17ClN6O. The molecule has 7 nitrogen and oxygen atoms in total. The average Bonchev–Trinajstić information content (AvgIpc) is 2.90. The van der Waals surface area contributed by atoms with E-state index in [0.717, 1.165) is 18.8 Å². The molecule has 1 N–H and O–H groups in total. The minimum atomic E-state index is 0.392. The Hall–Kier alpha value is -1.89. The summed E-state index contributed by atoms with van der Waals surface area (Å²) in [4.78, 5) is 8.31. The minimum absolute atomic E-state index is 0.392. The zero-order valence-corrected chi connectivity index (χ0v) is 12.3. The molecule has 0 amide bonds. The van der Waals surface area contributed by atoms with Gasteiger partial charge in [0.25, 0.3) is 0 Å². The van der Waals surface area contributed by atoms with Crippen LogP contribution >= 0.6 is 11.6 Å². The fourth-order valence-corrected chi connectivity index (χ4v) is 1.84. The molecule has 0 spiro atoms. The van der Waals surface area contributed by atoms with Gasteiger partial charge in [-0.3, -0.25) is 0 Å². The lowest BCUT2D eigenvalue weighted by Gasteiger charge is -2.08. The highest BCUT2D eigenvalue weighted by Gasteiger charge is 2.07. The molecule has 0 aromatic carbocycles. The van der Waals surface area contributed by atoms with Gasteiger partial charge in [-0.15, -0.1) is 10.2 Å². The van der Waals surface area contributed by atoms with Gasteiger partial charge >= 0.3 is 0 Å². The maximum absolute atomic E-state index is 5.93. The van der Waals surface area contributed by atoms with E-state index in [1.54, 1.807) is 6.33 Å². The SMILES string of the molecule is CCOc1nc(NCCc2nncn2CC)ncc1Cl. The van der Waals surface area contributed by atoms with Crippen molar-refractivity contribution >= 4 is 17.5 Å². The zero-order valence-electron chi connectivity index (χ0n) is 11.5. The van der Waals surface area contributed by atoms with Crippen LogP contribution in [0.5, 0.6) is 5.88 Å². The number of halogens is 1. The van der Waals surface area contributed by atoms with Crippen LogP contribution in [-0.2, 0) is 13.0 Å². The molecule has 2 rings (SSSR count). The monoisotopic (exact) mass is 296 g/mol. The molecule has 8 heteroatoms. The molecule has 0 aliphatic heterocycles. The number of ether oxygens (including phenoxy) is 1. The van der Waals surface area contributed by atoms with Gasteiger partial charge in [0.15, 0.2) is 0 Å². The van der Waals surface area contributed by atoms with Crippen molar-refractivity contribution in [1.29, 1.82) is 0 Å². The van der Waals surface area contributed by atoms with E-state index in [0.29, 0.717) is 30.0 Å². The van der Waals surface area contributed by atoms with E-state index in [2.05, 4.69) is 32.4 Å². The fourth-order valence-electron chi connectivity index (χ4n) is 1.70. The first kappa shape index (κ1) is 14.5. The second-order valence-electron chi connectivity index (χ2n) is 3.99. The number of aryl methyl sites for hydroxylation is 1. The summed E-state index contributed by atoms with van der Waals surface area (Å²) in [5.41, 5.74) is 0. The van der Waals surface area contributed by atoms with Crippen molar-refractivity contribution in [2.45, 2.75) is 26.8 Å². The van der Waals surface area contributed by atoms with Crippen molar-refractivity contribution in [3.63, 3.8) is 0 Å². The summed E-state index contributed by atoms with van der Waals surface area (Å²) in [5.74, 6) is 1.81. The molecule has 2 heterocycles. The molecule has 0 unspecified atom stereocenters. The van der Waals surface area contributed by atoms with Crippen molar-refractivity contribution in [3.05, 3.63) is 23.4 Å². The third-order valence-corrected chi connectivity index (χ3v) is 2.92. The number of hydrogen-bond acceptors (Lipinski definition) is 6. The summed E-state index contributed by atoms with van der Waals surface area (Å²) < 4.78 is 7.31. The third kappa shape index (κ3) is 3.57. The molecule has 0 bridgehead atoms. The highest BCUT2D eigenvalue weighted by molar-refractivity contribution is 6.31. The lowest BCUT2D eigenvalue weighted by molar-refractivity contribution is 0.327. The molecule has 0 radical (unpaired) electrons. The first-order valence-corrected chi connectivity index (χ1v) is 6.88. The lowest BCUT2D eigenvalue weighted by atomic mass is 10.4. The summed E-state index contributed by atoms with van der Waals surface area (Å²) in [5, 5.41) is 11.5. The van der Waals surface area contributed by atoms with E-state index in [-0.39, 0.29) is 0 Å². The molecule has 0 aliphatic rings. The molecule has 2 aromatic rings. The number of hydrogen-bond donors (Lipinski definition) is 1. The molecule has 108 valence electrons. The highest BCUT2D eigenvalue weighted by Crippen LogP contribution is 2.21. The fraction of sp³-hybridized carbons (Fsp3) is 0.500. The van der Waals surface area contributed by atoms with Crippen molar-refractivity contribution in [2.24, 2.45) is 0 Å². The second kappa shape index (κ2) is 7.04. The van der Waals surface area contributed by atoms with Crippen molar-refractivity contribution in [2.75, 3.05) is 18.5 Å². The van der Waals surface area contributed by atoms with Gasteiger partial charge in [-0.05, 0) is 13.8 Å². The van der Waals surface area contributed by atoms with Crippen LogP contribution in [0.25, 0.3) is 0 Å². The predicted molar refractivity (Wildman–Crippen MR) is 76.1 cm³/mol. The standard InChI is InChI=1S/C12H17ClN6O/c1-3-19-8-16-18-10(19)5-6-14-12-15-7-9(13)11(17-12)20-4-2/h7-8H,3-6H2,1-2H3,(H,14,15,17). The van der Waals surface area contributed by atoms with Crippen LogP contribution in [0.2, 0.25) is 5.02 Å². The number of rotatable bonds is 7. The van der Waals surface area contributed by atoms with Gasteiger partial charge in [-0.1, -0.05) is 11.6 Å². The highest BCUT2D eigenvalue weighted by atomic mass is 35.5. The maximum Gasteiger partial charge on any atom is 0.237 e. The van der Waals surface area contributed by atoms with Crippen LogP contribution in [0.3, 0.4) is 0 Å². The summed E-state index contributed by atoms with van der Waals surface area (Å²) in [6.07, 6.45) is 3.99. The van der Waals surface area contributed by atoms with E-state index in [4.69, 9.17) is 16.3 Å². The quantitative estimate of drug-likeness (QED) is 0.839. The van der Waals surface area contributed by atoms with Crippen molar-refractivity contribution < 1.29 is 4.74 Å². The topological polar surface area (TPSA) is 77.8 Å². The number of anilines is 1. The molecule has 20 heavy (non-hydrogen) atoms. The van der Waals surface area contributed by atoms with Crippen LogP contribution in [-0.4, -0.2) is 37.9 Å². The minimum Gasteiger partial charge on any atom is -0.477 e. The van der Waals surface area contributed by atoms with E-state index in [1.165, 1.54) is 6.20 Å². The van der Waals surface area contributed by atoms with E-state index in [1.807, 2.05) is 11.5 Å². The van der Waals surface area contributed by atoms with E-state index < -0.39 is 0 Å². The van der Waals surface area contributed by atoms with Gasteiger partial charge in [0.1, 0.15) is 17.2 Å². The summed E-state index contributed by atoms with van der Waals surface area (Å²) in [6.45, 7) is 5.95. The lowest BCUT2D eigenvalue weighted by Crippen LogP contribution is -2.12. The molecule has 0 saturated heterocycles. The first-order chi connectivity index (χ1) is 9.74. The normalized spacial score (nSPS) is 10.6. The number of nitrogens with one attached hydrogen (secondary N) is 1. The predicted octanol–water partition coefficient (Wildman–Crippen LogP) is 1.79. The Morgan fingerprint density at radius 1 is 1.40 bits per heavy atom. The van der Waals surface area contributed by atoms with E-state index in [9.17, 15) is 0 Å². The summed E-state index contributed by atoms with van der Waals surface area (Å²) in [7, 11) is 0. The van der Waals surface area contributed by atoms with Gasteiger partial charge in [0.05, 0.1) is 12.8 Å². The van der Waals surface area contributed by atoms with Gasteiger partial charge in [0, 0.05) is 19.5 Å². The van der Waals surface area contributed by atoms with Crippen molar-refractivity contribution in [3.8, 4) is 5.88 Å². The molecule has 0 aliphatic carbocycles.